The molecule has 0 saturated heterocycles. The molecule has 2 aromatic heterocycles. The van der Waals surface area contributed by atoms with Crippen molar-refractivity contribution in [2.24, 2.45) is 7.05 Å². The summed E-state index contributed by atoms with van der Waals surface area (Å²) in [6.45, 7) is 1.71. The standard InChI is InChI=1S/C12H14N4O4S/c1-8-15-11(7-16(8)2)21(19,20)14-6-9-3-4-10(12(17)18)13-5-9/h3-5,7,14H,6H2,1-2H3,(H,17,18). The number of aromatic carboxylic acids is 1. The van der Waals surface area contributed by atoms with E-state index in [1.807, 2.05) is 0 Å². The number of hydrogen-bond acceptors (Lipinski definition) is 5. The van der Waals surface area contributed by atoms with Crippen LogP contribution in [-0.2, 0) is 23.6 Å². The summed E-state index contributed by atoms with van der Waals surface area (Å²) in [6.07, 6.45) is 2.74. The van der Waals surface area contributed by atoms with E-state index in [0.717, 1.165) is 0 Å². The Morgan fingerprint density at radius 3 is 2.62 bits per heavy atom. The molecule has 0 saturated carbocycles. The molecule has 0 unspecified atom stereocenters. The lowest BCUT2D eigenvalue weighted by molar-refractivity contribution is 0.0690. The summed E-state index contributed by atoms with van der Waals surface area (Å²) in [4.78, 5) is 18.3. The zero-order valence-electron chi connectivity index (χ0n) is 11.4. The van der Waals surface area contributed by atoms with Crippen molar-refractivity contribution >= 4 is 16.0 Å². The Morgan fingerprint density at radius 2 is 2.14 bits per heavy atom. The van der Waals surface area contributed by atoms with Crippen LogP contribution in [0.1, 0.15) is 21.9 Å². The van der Waals surface area contributed by atoms with Crippen molar-refractivity contribution in [3.63, 3.8) is 0 Å². The molecule has 0 amide bonds. The van der Waals surface area contributed by atoms with E-state index < -0.39 is 16.0 Å². The topological polar surface area (TPSA) is 114 Å². The Hall–Kier alpha value is -2.26. The molecular weight excluding hydrogens is 296 g/mol. The van der Waals surface area contributed by atoms with Crippen molar-refractivity contribution in [1.29, 1.82) is 0 Å². The molecule has 0 atom stereocenters. The van der Waals surface area contributed by atoms with Gasteiger partial charge in [-0.2, -0.15) is 0 Å². The van der Waals surface area contributed by atoms with Crippen molar-refractivity contribution in [3.8, 4) is 0 Å². The summed E-state index contributed by atoms with van der Waals surface area (Å²) in [7, 11) is -2.01. The fraction of sp³-hybridized carbons (Fsp3) is 0.250. The number of sulfonamides is 1. The summed E-state index contributed by atoms with van der Waals surface area (Å²) in [5, 5.41) is 8.67. The van der Waals surface area contributed by atoms with Crippen LogP contribution in [0.4, 0.5) is 0 Å². The van der Waals surface area contributed by atoms with E-state index in [-0.39, 0.29) is 17.3 Å². The third kappa shape index (κ3) is 3.44. The molecule has 0 bridgehead atoms. The van der Waals surface area contributed by atoms with Crippen LogP contribution >= 0.6 is 0 Å². The van der Waals surface area contributed by atoms with Crippen molar-refractivity contribution < 1.29 is 18.3 Å². The SMILES string of the molecule is Cc1nc(S(=O)(=O)NCc2ccc(C(=O)O)nc2)cn1C. The summed E-state index contributed by atoms with van der Waals surface area (Å²) >= 11 is 0. The van der Waals surface area contributed by atoms with Crippen molar-refractivity contribution in [1.82, 2.24) is 19.3 Å². The Balaban J connectivity index is 2.09. The van der Waals surface area contributed by atoms with Gasteiger partial charge >= 0.3 is 5.97 Å². The van der Waals surface area contributed by atoms with E-state index in [1.165, 1.54) is 24.5 Å². The summed E-state index contributed by atoms with van der Waals surface area (Å²) in [6, 6.07) is 2.82. The quantitative estimate of drug-likeness (QED) is 0.821. The Kier molecular flexibility index (Phi) is 4.05. The molecule has 21 heavy (non-hydrogen) atoms. The lowest BCUT2D eigenvalue weighted by atomic mass is 10.2. The molecule has 9 heteroatoms. The minimum atomic E-state index is -3.71. The number of pyridine rings is 1. The average molecular weight is 310 g/mol. The van der Waals surface area contributed by atoms with E-state index >= 15 is 0 Å². The molecule has 0 aliphatic carbocycles. The normalized spacial score (nSPS) is 11.5. The minimum Gasteiger partial charge on any atom is -0.477 e. The minimum absolute atomic E-state index is 0.00482. The van der Waals surface area contributed by atoms with Gasteiger partial charge in [-0.15, -0.1) is 0 Å². The molecule has 0 spiro atoms. The van der Waals surface area contributed by atoms with Crippen LogP contribution in [0.5, 0.6) is 0 Å². The van der Waals surface area contributed by atoms with Crippen LogP contribution in [0.25, 0.3) is 0 Å². The molecular formula is C12H14N4O4S. The Bertz CT molecular complexity index is 746. The summed E-state index contributed by atoms with van der Waals surface area (Å²) in [5.74, 6) is -0.547. The number of aromatic nitrogens is 3. The summed E-state index contributed by atoms with van der Waals surface area (Å²) in [5.41, 5.74) is 0.457. The van der Waals surface area contributed by atoms with Crippen LogP contribution in [0.2, 0.25) is 0 Å². The van der Waals surface area contributed by atoms with E-state index in [4.69, 9.17) is 5.11 Å². The molecule has 2 aromatic rings. The van der Waals surface area contributed by atoms with Gasteiger partial charge in [-0.25, -0.2) is 27.9 Å². The fourth-order valence-corrected chi connectivity index (χ4v) is 2.62. The van der Waals surface area contributed by atoms with Gasteiger partial charge in [-0.05, 0) is 18.6 Å². The lowest BCUT2D eigenvalue weighted by Gasteiger charge is -2.04. The van der Waals surface area contributed by atoms with Crippen molar-refractivity contribution in [2.45, 2.75) is 18.5 Å². The first-order valence-electron chi connectivity index (χ1n) is 5.97. The highest BCUT2D eigenvalue weighted by Gasteiger charge is 2.18. The van der Waals surface area contributed by atoms with Crippen LogP contribution < -0.4 is 4.72 Å². The molecule has 0 aromatic carbocycles. The molecule has 2 rings (SSSR count). The maximum Gasteiger partial charge on any atom is 0.354 e. The predicted octanol–water partition coefficient (Wildman–Crippen LogP) is 0.300. The molecule has 0 radical (unpaired) electrons. The van der Waals surface area contributed by atoms with Gasteiger partial charge in [-0.1, -0.05) is 6.07 Å². The Labute approximate surface area is 121 Å². The number of hydrogen-bond donors (Lipinski definition) is 2. The van der Waals surface area contributed by atoms with Gasteiger partial charge < -0.3 is 9.67 Å². The maximum atomic E-state index is 12.0. The number of rotatable bonds is 5. The van der Waals surface area contributed by atoms with Gasteiger partial charge in [0.15, 0.2) is 5.03 Å². The number of nitrogens with one attached hydrogen (secondary N) is 1. The van der Waals surface area contributed by atoms with Crippen LogP contribution in [0.15, 0.2) is 29.6 Å². The highest BCUT2D eigenvalue weighted by Crippen LogP contribution is 2.08. The second kappa shape index (κ2) is 5.62. The molecule has 0 aliphatic rings. The van der Waals surface area contributed by atoms with E-state index in [2.05, 4.69) is 14.7 Å². The largest absolute Gasteiger partial charge is 0.477 e. The lowest BCUT2D eigenvalue weighted by Crippen LogP contribution is -2.23. The van der Waals surface area contributed by atoms with Gasteiger partial charge in [0.05, 0.1) is 0 Å². The van der Waals surface area contributed by atoms with Crippen LogP contribution in [0.3, 0.4) is 0 Å². The zero-order chi connectivity index (χ0) is 15.6. The van der Waals surface area contributed by atoms with E-state index in [9.17, 15) is 13.2 Å². The van der Waals surface area contributed by atoms with Gasteiger partial charge in [-0.3, -0.25) is 0 Å². The van der Waals surface area contributed by atoms with Crippen molar-refractivity contribution in [3.05, 3.63) is 41.6 Å². The number of carboxylic acids is 1. The highest BCUT2D eigenvalue weighted by molar-refractivity contribution is 7.89. The third-order valence-electron chi connectivity index (χ3n) is 2.87. The number of aryl methyl sites for hydroxylation is 2. The molecule has 112 valence electrons. The smallest absolute Gasteiger partial charge is 0.354 e. The molecule has 2 heterocycles. The zero-order valence-corrected chi connectivity index (χ0v) is 12.3. The molecule has 0 fully saturated rings. The van der Waals surface area contributed by atoms with Gasteiger partial charge in [0.1, 0.15) is 11.5 Å². The second-order valence-electron chi connectivity index (χ2n) is 4.42. The van der Waals surface area contributed by atoms with E-state index in [1.54, 1.807) is 18.5 Å². The predicted molar refractivity (Wildman–Crippen MR) is 73.2 cm³/mol. The van der Waals surface area contributed by atoms with Gasteiger partial charge in [0, 0.05) is 26.0 Å². The number of carbonyl (C=O) groups is 1. The molecule has 0 aliphatic heterocycles. The number of carboxylic acid groups (broad SMARTS) is 1. The van der Waals surface area contributed by atoms with Crippen molar-refractivity contribution in [2.75, 3.05) is 0 Å². The van der Waals surface area contributed by atoms with Crippen LogP contribution in [-0.4, -0.2) is 34.0 Å². The molecule has 8 nitrogen and oxygen atoms in total. The Morgan fingerprint density at radius 1 is 1.43 bits per heavy atom. The second-order valence-corrected chi connectivity index (χ2v) is 6.13. The maximum absolute atomic E-state index is 12.0. The third-order valence-corrected chi connectivity index (χ3v) is 4.14. The number of nitrogens with zero attached hydrogens (tertiary/aromatic N) is 3. The first-order chi connectivity index (χ1) is 9.79. The first-order valence-corrected chi connectivity index (χ1v) is 7.46. The van der Waals surface area contributed by atoms with E-state index in [0.29, 0.717) is 11.4 Å². The van der Waals surface area contributed by atoms with Crippen LogP contribution in [0, 0.1) is 6.92 Å². The average Bonchev–Trinajstić information content (AvgIpc) is 2.78. The number of imidazole rings is 1. The monoisotopic (exact) mass is 310 g/mol. The van der Waals surface area contributed by atoms with Gasteiger partial charge in [0.2, 0.25) is 0 Å². The molecule has 2 N–H and O–H groups in total. The van der Waals surface area contributed by atoms with Gasteiger partial charge in [0.25, 0.3) is 10.0 Å². The highest BCUT2D eigenvalue weighted by atomic mass is 32.2. The fourth-order valence-electron chi connectivity index (χ4n) is 1.56. The summed E-state index contributed by atoms with van der Waals surface area (Å²) < 4.78 is 28.1. The first kappa shape index (κ1) is 15.1.